The number of nitrogens with two attached hydrogens (primary N) is 2. The quantitative estimate of drug-likeness (QED) is 0.717. The fourth-order valence-corrected chi connectivity index (χ4v) is 2.42. The van der Waals surface area contributed by atoms with E-state index >= 15 is 0 Å². The molecule has 1 heterocycles. The second-order valence-electron chi connectivity index (χ2n) is 4.51. The second-order valence-corrected chi connectivity index (χ2v) is 4.51. The Morgan fingerprint density at radius 1 is 0.889 bits per heavy atom. The number of benzene rings is 2. The van der Waals surface area contributed by atoms with E-state index in [9.17, 15) is 0 Å². The Labute approximate surface area is 113 Å². The third-order valence-corrected chi connectivity index (χ3v) is 3.32. The average Bonchev–Trinajstić information content (AvgIpc) is 2.32. The highest BCUT2D eigenvalue weighted by molar-refractivity contribution is 5.85. The molecule has 94 valence electrons. The maximum Gasteiger partial charge on any atom is 0.0464 e. The molecule has 0 saturated carbocycles. The second kappa shape index (κ2) is 4.42. The van der Waals surface area contributed by atoms with Gasteiger partial charge in [0.05, 0.1) is 0 Å². The fourth-order valence-electron chi connectivity index (χ4n) is 2.42. The number of nitrogens with zero attached hydrogens (tertiary/aromatic N) is 1. The van der Waals surface area contributed by atoms with Crippen molar-refractivity contribution < 1.29 is 0 Å². The predicted octanol–water partition coefficient (Wildman–Crippen LogP) is 2.94. The third-order valence-electron chi connectivity index (χ3n) is 3.32. The van der Waals surface area contributed by atoms with E-state index in [2.05, 4.69) is 24.1 Å². The summed E-state index contributed by atoms with van der Waals surface area (Å²) in [4.78, 5) is 2.15. The first-order chi connectivity index (χ1) is 8.15. The molecule has 0 radical (unpaired) electrons. The molecule has 0 aliphatic carbocycles. The molecule has 2 aromatic rings. The highest BCUT2D eigenvalue weighted by atomic mass is 35.5. The van der Waals surface area contributed by atoms with Crippen LogP contribution in [0.3, 0.4) is 0 Å². The van der Waals surface area contributed by atoms with Gasteiger partial charge in [-0.3, -0.25) is 0 Å². The van der Waals surface area contributed by atoms with Crippen LogP contribution in [0.5, 0.6) is 0 Å². The van der Waals surface area contributed by atoms with Crippen LogP contribution in [0.1, 0.15) is 11.1 Å². The van der Waals surface area contributed by atoms with Crippen molar-refractivity contribution in [1.82, 2.24) is 0 Å². The van der Waals surface area contributed by atoms with Crippen molar-refractivity contribution >= 4 is 35.2 Å². The van der Waals surface area contributed by atoms with Gasteiger partial charge in [0, 0.05) is 36.2 Å². The number of nitrogen functional groups attached to an aromatic ring is 2. The normalized spacial score (nSPS) is 12.4. The highest BCUT2D eigenvalue weighted by Gasteiger charge is 2.19. The molecule has 0 aromatic heterocycles. The highest BCUT2D eigenvalue weighted by Crippen LogP contribution is 2.39. The van der Waals surface area contributed by atoms with Crippen molar-refractivity contribution in [3.8, 4) is 0 Å². The molecule has 4 heteroatoms. The molecule has 1 aliphatic rings. The number of hydrogen-bond donors (Lipinski definition) is 2. The van der Waals surface area contributed by atoms with Crippen LogP contribution in [0.4, 0.5) is 22.7 Å². The molecule has 0 atom stereocenters. The van der Waals surface area contributed by atoms with Crippen LogP contribution in [0, 0.1) is 0 Å². The first kappa shape index (κ1) is 12.6. The summed E-state index contributed by atoms with van der Waals surface area (Å²) < 4.78 is 0. The topological polar surface area (TPSA) is 55.3 Å². The van der Waals surface area contributed by atoms with E-state index in [0.29, 0.717) is 0 Å². The maximum atomic E-state index is 5.84. The number of fused-ring (bicyclic) bond motifs is 2. The van der Waals surface area contributed by atoms with E-state index in [1.165, 1.54) is 22.5 Å². The van der Waals surface area contributed by atoms with Gasteiger partial charge in [-0.25, -0.2) is 0 Å². The van der Waals surface area contributed by atoms with E-state index in [-0.39, 0.29) is 12.4 Å². The zero-order valence-electron chi connectivity index (χ0n) is 10.2. The van der Waals surface area contributed by atoms with Gasteiger partial charge < -0.3 is 16.4 Å². The predicted molar refractivity (Wildman–Crippen MR) is 79.8 cm³/mol. The smallest absolute Gasteiger partial charge is 0.0464 e. The fraction of sp³-hybridized carbons (Fsp3) is 0.143. The van der Waals surface area contributed by atoms with Gasteiger partial charge in [0.25, 0.3) is 0 Å². The summed E-state index contributed by atoms with van der Waals surface area (Å²) in [5, 5.41) is 0. The van der Waals surface area contributed by atoms with E-state index in [0.717, 1.165) is 17.8 Å². The summed E-state index contributed by atoms with van der Waals surface area (Å²) >= 11 is 0. The molecule has 4 N–H and O–H groups in total. The van der Waals surface area contributed by atoms with Crippen molar-refractivity contribution in [2.24, 2.45) is 0 Å². The van der Waals surface area contributed by atoms with Crippen LogP contribution < -0.4 is 16.4 Å². The summed E-state index contributed by atoms with van der Waals surface area (Å²) in [6.07, 6.45) is 0.940. The van der Waals surface area contributed by atoms with Gasteiger partial charge in [-0.1, -0.05) is 12.1 Å². The lowest BCUT2D eigenvalue weighted by molar-refractivity contribution is 1.06. The van der Waals surface area contributed by atoms with Gasteiger partial charge in [-0.15, -0.1) is 12.4 Å². The van der Waals surface area contributed by atoms with E-state index < -0.39 is 0 Å². The third kappa shape index (κ3) is 1.87. The molecule has 0 bridgehead atoms. The lowest BCUT2D eigenvalue weighted by Crippen LogP contribution is -2.18. The number of anilines is 4. The van der Waals surface area contributed by atoms with Gasteiger partial charge >= 0.3 is 0 Å². The summed E-state index contributed by atoms with van der Waals surface area (Å²) in [7, 11) is 2.05. The Hall–Kier alpha value is -1.87. The first-order valence-electron chi connectivity index (χ1n) is 5.65. The Morgan fingerprint density at radius 3 is 1.78 bits per heavy atom. The van der Waals surface area contributed by atoms with Crippen LogP contribution in [0.15, 0.2) is 36.4 Å². The number of hydrogen-bond acceptors (Lipinski definition) is 3. The lowest BCUT2D eigenvalue weighted by Gasteiger charge is -2.30. The van der Waals surface area contributed by atoms with Crippen molar-refractivity contribution in [3.63, 3.8) is 0 Å². The van der Waals surface area contributed by atoms with Gasteiger partial charge in [0.15, 0.2) is 0 Å². The Balaban J connectivity index is 0.00000120. The van der Waals surface area contributed by atoms with Gasteiger partial charge in [0.1, 0.15) is 0 Å². The van der Waals surface area contributed by atoms with Crippen molar-refractivity contribution in [1.29, 1.82) is 0 Å². The molecule has 3 rings (SSSR count). The van der Waals surface area contributed by atoms with E-state index in [1.807, 2.05) is 24.3 Å². The minimum atomic E-state index is 0. The molecule has 0 saturated heterocycles. The minimum absolute atomic E-state index is 0. The Bertz CT molecular complexity index is 544. The standard InChI is InChI=1S/C14H15N3.ClH/c1-17-13-7-11(15)4-2-9(13)6-10-3-5-12(16)8-14(10)17;/h2-5,7-8H,6,15-16H2,1H3;1H. The monoisotopic (exact) mass is 261 g/mol. The van der Waals surface area contributed by atoms with Crippen LogP contribution in [0.25, 0.3) is 0 Å². The largest absolute Gasteiger partial charge is 0.399 e. The molecular weight excluding hydrogens is 246 g/mol. The zero-order chi connectivity index (χ0) is 12.0. The molecule has 18 heavy (non-hydrogen) atoms. The van der Waals surface area contributed by atoms with Crippen molar-refractivity contribution in [3.05, 3.63) is 47.5 Å². The van der Waals surface area contributed by atoms with E-state index in [1.54, 1.807) is 0 Å². The molecule has 0 unspecified atom stereocenters. The Morgan fingerprint density at radius 2 is 1.33 bits per heavy atom. The molecule has 1 aliphatic heterocycles. The molecule has 2 aromatic carbocycles. The molecule has 0 fully saturated rings. The van der Waals surface area contributed by atoms with E-state index in [4.69, 9.17) is 11.5 Å². The molecule has 0 spiro atoms. The maximum absolute atomic E-state index is 5.84. The zero-order valence-corrected chi connectivity index (χ0v) is 11.0. The number of rotatable bonds is 0. The van der Waals surface area contributed by atoms with Crippen molar-refractivity contribution in [2.45, 2.75) is 6.42 Å². The van der Waals surface area contributed by atoms with Crippen LogP contribution in [-0.4, -0.2) is 7.05 Å². The molecule has 3 nitrogen and oxygen atoms in total. The summed E-state index contributed by atoms with van der Waals surface area (Å²) in [5.41, 5.74) is 18.2. The summed E-state index contributed by atoms with van der Waals surface area (Å²) in [5.74, 6) is 0. The molecular formula is C14H16ClN3. The Kier molecular flexibility index (Phi) is 3.09. The minimum Gasteiger partial charge on any atom is -0.399 e. The van der Waals surface area contributed by atoms with Gasteiger partial charge in [-0.05, 0) is 35.4 Å². The van der Waals surface area contributed by atoms with Crippen LogP contribution >= 0.6 is 12.4 Å². The lowest BCUT2D eigenvalue weighted by atomic mass is 9.95. The average molecular weight is 262 g/mol. The SMILES string of the molecule is CN1c2cc(N)ccc2Cc2ccc(N)cc21.Cl. The summed E-state index contributed by atoms with van der Waals surface area (Å²) in [6, 6.07) is 12.1. The van der Waals surface area contributed by atoms with Gasteiger partial charge in [0.2, 0.25) is 0 Å². The number of halogens is 1. The first-order valence-corrected chi connectivity index (χ1v) is 5.65. The van der Waals surface area contributed by atoms with Crippen molar-refractivity contribution in [2.75, 3.05) is 23.4 Å². The molecule has 0 amide bonds. The summed E-state index contributed by atoms with van der Waals surface area (Å²) in [6.45, 7) is 0. The van der Waals surface area contributed by atoms with Crippen LogP contribution in [-0.2, 0) is 6.42 Å². The van der Waals surface area contributed by atoms with Gasteiger partial charge in [-0.2, -0.15) is 0 Å². The van der Waals surface area contributed by atoms with Crippen LogP contribution in [0.2, 0.25) is 0 Å².